The van der Waals surface area contributed by atoms with Crippen molar-refractivity contribution in [1.82, 2.24) is 9.96 Å². The Morgan fingerprint density at radius 1 is 1.21 bits per heavy atom. The maximum Gasteiger partial charge on any atom is 0.321 e. The Bertz CT molecular complexity index is 599. The van der Waals surface area contributed by atoms with Gasteiger partial charge in [0.05, 0.1) is 12.5 Å². The summed E-state index contributed by atoms with van der Waals surface area (Å²) in [5, 5.41) is 4.42. The molecule has 0 bridgehead atoms. The van der Waals surface area contributed by atoms with Gasteiger partial charge in [-0.05, 0) is 50.3 Å². The minimum atomic E-state index is -0.167. The van der Waals surface area contributed by atoms with Gasteiger partial charge >= 0.3 is 6.03 Å². The zero-order valence-electron chi connectivity index (χ0n) is 14.2. The topological polar surface area (TPSA) is 61.9 Å². The van der Waals surface area contributed by atoms with Crippen LogP contribution in [0.15, 0.2) is 24.3 Å². The van der Waals surface area contributed by atoms with Crippen LogP contribution in [0.5, 0.6) is 0 Å². The molecule has 130 valence electrons. The van der Waals surface area contributed by atoms with Crippen LogP contribution in [0.4, 0.5) is 10.5 Å². The first-order valence-electron chi connectivity index (χ1n) is 8.70. The highest BCUT2D eigenvalue weighted by atomic mass is 16.7. The SMILES string of the molecule is Cc1cccc(NC(=O)N2CCC[C@@H](C(=O)N3CCCCO3)C2)c1. The van der Waals surface area contributed by atoms with Crippen molar-refractivity contribution in [3.63, 3.8) is 0 Å². The Balaban J connectivity index is 1.58. The highest BCUT2D eigenvalue weighted by molar-refractivity contribution is 5.90. The number of hydrogen-bond donors (Lipinski definition) is 1. The molecule has 2 fully saturated rings. The van der Waals surface area contributed by atoms with Crippen molar-refractivity contribution in [3.05, 3.63) is 29.8 Å². The fourth-order valence-electron chi connectivity index (χ4n) is 3.26. The molecule has 2 saturated heterocycles. The maximum absolute atomic E-state index is 12.6. The van der Waals surface area contributed by atoms with Crippen LogP contribution in [0.25, 0.3) is 0 Å². The van der Waals surface area contributed by atoms with E-state index in [4.69, 9.17) is 4.84 Å². The molecule has 0 aliphatic carbocycles. The van der Waals surface area contributed by atoms with Crippen LogP contribution in [0.1, 0.15) is 31.2 Å². The molecule has 0 unspecified atom stereocenters. The fraction of sp³-hybridized carbons (Fsp3) is 0.556. The summed E-state index contributed by atoms with van der Waals surface area (Å²) in [5.41, 5.74) is 1.88. The molecule has 0 aromatic heterocycles. The predicted octanol–water partition coefficient (Wildman–Crippen LogP) is 2.79. The zero-order valence-corrected chi connectivity index (χ0v) is 14.2. The van der Waals surface area contributed by atoms with Crippen molar-refractivity contribution in [2.45, 2.75) is 32.6 Å². The van der Waals surface area contributed by atoms with Gasteiger partial charge in [0.2, 0.25) is 0 Å². The lowest BCUT2D eigenvalue weighted by atomic mass is 9.97. The molecule has 0 spiro atoms. The van der Waals surface area contributed by atoms with Gasteiger partial charge in [-0.2, -0.15) is 0 Å². The van der Waals surface area contributed by atoms with Crippen LogP contribution in [0.3, 0.4) is 0 Å². The first-order chi connectivity index (χ1) is 11.6. The van der Waals surface area contributed by atoms with Gasteiger partial charge in [0, 0.05) is 25.3 Å². The van der Waals surface area contributed by atoms with Crippen molar-refractivity contribution in [3.8, 4) is 0 Å². The minimum absolute atomic E-state index is 0.0164. The zero-order chi connectivity index (χ0) is 16.9. The van der Waals surface area contributed by atoms with Gasteiger partial charge in [-0.25, -0.2) is 9.86 Å². The smallest absolute Gasteiger partial charge is 0.321 e. The van der Waals surface area contributed by atoms with Gasteiger partial charge in [0.1, 0.15) is 0 Å². The third kappa shape index (κ3) is 4.06. The van der Waals surface area contributed by atoms with Crippen LogP contribution in [-0.4, -0.2) is 48.1 Å². The number of piperidine rings is 1. The molecule has 6 heteroatoms. The summed E-state index contributed by atoms with van der Waals surface area (Å²) in [6.07, 6.45) is 3.63. The lowest BCUT2D eigenvalue weighted by molar-refractivity contribution is -0.202. The van der Waals surface area contributed by atoms with E-state index in [9.17, 15) is 9.59 Å². The van der Waals surface area contributed by atoms with Crippen molar-refractivity contribution in [2.75, 3.05) is 31.6 Å². The van der Waals surface area contributed by atoms with E-state index in [-0.39, 0.29) is 17.9 Å². The Hall–Kier alpha value is -2.08. The molecule has 3 amide bonds. The second-order valence-corrected chi connectivity index (χ2v) is 6.57. The molecule has 3 rings (SSSR count). The second-order valence-electron chi connectivity index (χ2n) is 6.57. The molecular formula is C18H25N3O3. The Labute approximate surface area is 142 Å². The third-order valence-electron chi connectivity index (χ3n) is 4.58. The standard InChI is InChI=1S/C18H25N3O3/c1-14-6-4-8-16(12-14)19-18(23)20-9-5-7-15(13-20)17(22)21-10-2-3-11-24-21/h4,6,8,12,15H,2-3,5,7,9-11,13H2,1H3,(H,19,23)/t15-/m1/s1. The summed E-state index contributed by atoms with van der Waals surface area (Å²) < 4.78 is 0. The molecule has 6 nitrogen and oxygen atoms in total. The van der Waals surface area contributed by atoms with Gasteiger partial charge in [0.25, 0.3) is 5.91 Å². The first kappa shape index (κ1) is 16.8. The number of benzene rings is 1. The summed E-state index contributed by atoms with van der Waals surface area (Å²) in [4.78, 5) is 32.2. The summed E-state index contributed by atoms with van der Waals surface area (Å²) >= 11 is 0. The lowest BCUT2D eigenvalue weighted by Gasteiger charge is -2.35. The Morgan fingerprint density at radius 3 is 2.83 bits per heavy atom. The van der Waals surface area contributed by atoms with Crippen LogP contribution in [0, 0.1) is 12.8 Å². The number of aryl methyl sites for hydroxylation is 1. The molecule has 1 N–H and O–H groups in total. The summed E-state index contributed by atoms with van der Waals surface area (Å²) in [6.45, 7) is 4.39. The number of amides is 3. The van der Waals surface area contributed by atoms with Crippen LogP contribution in [-0.2, 0) is 9.63 Å². The van der Waals surface area contributed by atoms with Crippen LogP contribution in [0.2, 0.25) is 0 Å². The lowest BCUT2D eigenvalue weighted by Crippen LogP contribution is -2.48. The number of anilines is 1. The molecule has 2 aliphatic rings. The van der Waals surface area contributed by atoms with Gasteiger partial charge in [-0.3, -0.25) is 9.63 Å². The first-order valence-corrected chi connectivity index (χ1v) is 8.70. The second kappa shape index (κ2) is 7.66. The van der Waals surface area contributed by atoms with Crippen molar-refractivity contribution >= 4 is 17.6 Å². The molecule has 2 aliphatic heterocycles. The van der Waals surface area contributed by atoms with Crippen molar-refractivity contribution < 1.29 is 14.4 Å². The van der Waals surface area contributed by atoms with Gasteiger partial charge in [0.15, 0.2) is 0 Å². The van der Waals surface area contributed by atoms with Crippen molar-refractivity contribution in [2.24, 2.45) is 5.92 Å². The van der Waals surface area contributed by atoms with Crippen molar-refractivity contribution in [1.29, 1.82) is 0 Å². The van der Waals surface area contributed by atoms with E-state index in [0.29, 0.717) is 26.2 Å². The highest BCUT2D eigenvalue weighted by Gasteiger charge is 2.32. The number of hydrogen-bond acceptors (Lipinski definition) is 3. The number of urea groups is 1. The molecular weight excluding hydrogens is 306 g/mol. The van der Waals surface area contributed by atoms with Crippen LogP contribution < -0.4 is 5.32 Å². The molecule has 1 aromatic rings. The number of hydroxylamine groups is 2. The Morgan fingerprint density at radius 2 is 2.08 bits per heavy atom. The number of nitrogens with zero attached hydrogens (tertiary/aromatic N) is 2. The fourth-order valence-corrected chi connectivity index (χ4v) is 3.26. The third-order valence-corrected chi connectivity index (χ3v) is 4.58. The summed E-state index contributed by atoms with van der Waals surface area (Å²) in [6, 6.07) is 7.58. The van der Waals surface area contributed by atoms with Gasteiger partial charge in [-0.15, -0.1) is 0 Å². The molecule has 1 atom stereocenters. The van der Waals surface area contributed by atoms with E-state index < -0.39 is 0 Å². The summed E-state index contributed by atoms with van der Waals surface area (Å²) in [7, 11) is 0. The van der Waals surface area contributed by atoms with E-state index in [2.05, 4.69) is 5.32 Å². The predicted molar refractivity (Wildman–Crippen MR) is 91.4 cm³/mol. The number of likely N-dealkylation sites (tertiary alicyclic amines) is 1. The largest absolute Gasteiger partial charge is 0.324 e. The number of carbonyl (C=O) groups is 2. The van der Waals surface area contributed by atoms with Crippen LogP contribution >= 0.6 is 0 Å². The van der Waals surface area contributed by atoms with E-state index in [1.165, 1.54) is 5.06 Å². The normalized spacial score (nSPS) is 21.5. The van der Waals surface area contributed by atoms with Gasteiger partial charge < -0.3 is 10.2 Å². The quantitative estimate of drug-likeness (QED) is 0.906. The molecule has 2 heterocycles. The van der Waals surface area contributed by atoms with Gasteiger partial charge in [-0.1, -0.05) is 12.1 Å². The molecule has 0 radical (unpaired) electrons. The van der Waals surface area contributed by atoms with E-state index in [1.807, 2.05) is 31.2 Å². The molecule has 0 saturated carbocycles. The number of carbonyl (C=O) groups excluding carboxylic acids is 2. The maximum atomic E-state index is 12.6. The number of rotatable bonds is 2. The monoisotopic (exact) mass is 331 g/mol. The Kier molecular flexibility index (Phi) is 5.35. The summed E-state index contributed by atoms with van der Waals surface area (Å²) in [5.74, 6) is -0.150. The van der Waals surface area contributed by atoms with E-state index in [0.717, 1.165) is 36.9 Å². The number of nitrogens with one attached hydrogen (secondary N) is 1. The minimum Gasteiger partial charge on any atom is -0.324 e. The average Bonchev–Trinajstić information content (AvgIpc) is 2.62. The molecule has 1 aromatic carbocycles. The average molecular weight is 331 g/mol. The molecule has 24 heavy (non-hydrogen) atoms. The van der Waals surface area contributed by atoms with E-state index in [1.54, 1.807) is 4.90 Å². The highest BCUT2D eigenvalue weighted by Crippen LogP contribution is 2.21. The van der Waals surface area contributed by atoms with E-state index >= 15 is 0 Å².